The molecule has 1 amide bonds. The van der Waals surface area contributed by atoms with E-state index in [0.29, 0.717) is 24.3 Å². The van der Waals surface area contributed by atoms with Gasteiger partial charge in [-0.2, -0.15) is 0 Å². The highest BCUT2D eigenvalue weighted by molar-refractivity contribution is 14.1. The van der Waals surface area contributed by atoms with Crippen LogP contribution in [-0.2, 0) is 17.6 Å². The number of para-hydroxylation sites is 1. The second-order valence-corrected chi connectivity index (χ2v) is 10.8. The van der Waals surface area contributed by atoms with Crippen molar-refractivity contribution in [1.82, 2.24) is 10.3 Å². The summed E-state index contributed by atoms with van der Waals surface area (Å²) in [5.41, 5.74) is 5.91. The first kappa shape index (κ1) is 24.8. The summed E-state index contributed by atoms with van der Waals surface area (Å²) in [4.78, 5) is 16.6. The van der Waals surface area contributed by atoms with Crippen molar-refractivity contribution in [1.29, 1.82) is 0 Å². The van der Waals surface area contributed by atoms with Crippen molar-refractivity contribution in [2.45, 2.75) is 57.7 Å². The smallest absolute Gasteiger partial charge is 0.265 e. The quantitative estimate of drug-likeness (QED) is 0.198. The van der Waals surface area contributed by atoms with Crippen LogP contribution in [0.3, 0.4) is 0 Å². The first-order chi connectivity index (χ1) is 17.5. The lowest BCUT2D eigenvalue weighted by Gasteiger charge is -2.27. The van der Waals surface area contributed by atoms with E-state index in [1.54, 1.807) is 0 Å². The zero-order valence-corrected chi connectivity index (χ0v) is 22.8. The average Bonchev–Trinajstić information content (AvgIpc) is 3.25. The van der Waals surface area contributed by atoms with E-state index in [1.165, 1.54) is 25.8 Å². The van der Waals surface area contributed by atoms with Gasteiger partial charge in [0.2, 0.25) is 0 Å². The maximum Gasteiger partial charge on any atom is 0.265 e. The van der Waals surface area contributed by atoms with Gasteiger partial charge in [-0.1, -0.05) is 37.3 Å². The SMILES string of the molecule is CCC(Oc1ccccc1)C(=O)Nc1ccc2[nH]c3c(c2c1)CC(NC(C)c1cccc(I)c1)CC3. The van der Waals surface area contributed by atoms with Crippen molar-refractivity contribution in [3.8, 4) is 5.75 Å². The molecule has 0 radical (unpaired) electrons. The number of anilines is 1. The maximum absolute atomic E-state index is 13.0. The lowest BCUT2D eigenvalue weighted by atomic mass is 9.90. The number of aromatic nitrogens is 1. The molecule has 3 unspecified atom stereocenters. The topological polar surface area (TPSA) is 66.1 Å². The predicted octanol–water partition coefficient (Wildman–Crippen LogP) is 6.78. The van der Waals surface area contributed by atoms with Crippen molar-refractivity contribution in [3.63, 3.8) is 0 Å². The number of fused-ring (bicyclic) bond motifs is 3. The molecule has 1 aliphatic rings. The van der Waals surface area contributed by atoms with E-state index < -0.39 is 6.10 Å². The second-order valence-electron chi connectivity index (χ2n) is 9.54. The zero-order valence-electron chi connectivity index (χ0n) is 20.7. The largest absolute Gasteiger partial charge is 0.481 e. The van der Waals surface area contributed by atoms with Gasteiger partial charge >= 0.3 is 0 Å². The van der Waals surface area contributed by atoms with E-state index in [2.05, 4.69) is 81.5 Å². The van der Waals surface area contributed by atoms with Crippen molar-refractivity contribution in [2.75, 3.05) is 5.32 Å². The molecule has 3 N–H and O–H groups in total. The lowest BCUT2D eigenvalue weighted by molar-refractivity contribution is -0.122. The van der Waals surface area contributed by atoms with E-state index in [4.69, 9.17) is 4.74 Å². The van der Waals surface area contributed by atoms with Crippen LogP contribution in [0.1, 0.15) is 49.6 Å². The van der Waals surface area contributed by atoms with Crippen LogP contribution in [0.25, 0.3) is 10.9 Å². The Bertz CT molecular complexity index is 1350. The Morgan fingerprint density at radius 2 is 1.94 bits per heavy atom. The number of nitrogens with one attached hydrogen (secondary N) is 3. The molecular formula is C30H32IN3O2. The van der Waals surface area contributed by atoms with Gasteiger partial charge in [0.15, 0.2) is 6.10 Å². The molecule has 0 fully saturated rings. The molecule has 1 aliphatic carbocycles. The fourth-order valence-corrected chi connectivity index (χ4v) is 5.64. The molecule has 0 saturated heterocycles. The van der Waals surface area contributed by atoms with Gasteiger partial charge in [-0.05, 0) is 109 Å². The molecule has 0 spiro atoms. The predicted molar refractivity (Wildman–Crippen MR) is 155 cm³/mol. The molecule has 3 atom stereocenters. The van der Waals surface area contributed by atoms with Crippen molar-refractivity contribution >= 4 is 45.1 Å². The minimum absolute atomic E-state index is 0.129. The minimum Gasteiger partial charge on any atom is -0.481 e. The molecule has 1 heterocycles. The third-order valence-corrected chi connectivity index (χ3v) is 7.65. The van der Waals surface area contributed by atoms with Crippen LogP contribution in [0.15, 0.2) is 72.8 Å². The van der Waals surface area contributed by atoms with Gasteiger partial charge in [0.05, 0.1) is 0 Å². The van der Waals surface area contributed by atoms with Crippen LogP contribution in [0.5, 0.6) is 5.75 Å². The van der Waals surface area contributed by atoms with Crippen molar-refractivity contribution < 1.29 is 9.53 Å². The normalized spacial score (nSPS) is 16.8. The van der Waals surface area contributed by atoms with Crippen LogP contribution in [0, 0.1) is 3.57 Å². The summed E-state index contributed by atoms with van der Waals surface area (Å²) in [7, 11) is 0. The van der Waals surface area contributed by atoms with Crippen LogP contribution in [0.2, 0.25) is 0 Å². The van der Waals surface area contributed by atoms with Crippen LogP contribution < -0.4 is 15.4 Å². The van der Waals surface area contributed by atoms with E-state index in [9.17, 15) is 4.79 Å². The van der Waals surface area contributed by atoms with Crippen molar-refractivity contribution in [2.24, 2.45) is 0 Å². The summed E-state index contributed by atoms with van der Waals surface area (Å²) >= 11 is 2.37. The molecular weight excluding hydrogens is 561 g/mol. The highest BCUT2D eigenvalue weighted by Gasteiger charge is 2.25. The van der Waals surface area contributed by atoms with E-state index in [1.807, 2.05) is 43.3 Å². The summed E-state index contributed by atoms with van der Waals surface area (Å²) in [5.74, 6) is 0.573. The molecule has 0 saturated carbocycles. The van der Waals surface area contributed by atoms with Gasteiger partial charge in [0.25, 0.3) is 5.91 Å². The molecule has 4 aromatic rings. The number of H-pyrrole nitrogens is 1. The fraction of sp³-hybridized carbons (Fsp3) is 0.300. The van der Waals surface area contributed by atoms with Gasteiger partial charge in [-0.25, -0.2) is 0 Å². The number of hydrogen-bond donors (Lipinski definition) is 3. The van der Waals surface area contributed by atoms with Gasteiger partial charge in [-0.15, -0.1) is 0 Å². The van der Waals surface area contributed by atoms with Gasteiger partial charge in [0.1, 0.15) is 5.75 Å². The van der Waals surface area contributed by atoms with E-state index in [-0.39, 0.29) is 5.91 Å². The Morgan fingerprint density at radius 3 is 2.72 bits per heavy atom. The Kier molecular flexibility index (Phi) is 7.62. The molecule has 3 aromatic carbocycles. The summed E-state index contributed by atoms with van der Waals surface area (Å²) in [6.07, 6.45) is 3.14. The molecule has 6 heteroatoms. The van der Waals surface area contributed by atoms with E-state index in [0.717, 1.165) is 30.5 Å². The molecule has 0 aliphatic heterocycles. The number of rotatable bonds is 8. The highest BCUT2D eigenvalue weighted by atomic mass is 127. The fourth-order valence-electron chi connectivity index (χ4n) is 5.07. The molecule has 5 rings (SSSR count). The molecule has 0 bridgehead atoms. The van der Waals surface area contributed by atoms with E-state index >= 15 is 0 Å². The average molecular weight is 594 g/mol. The Morgan fingerprint density at radius 1 is 1.11 bits per heavy atom. The number of benzene rings is 3. The molecule has 36 heavy (non-hydrogen) atoms. The van der Waals surface area contributed by atoms with Gasteiger partial charge in [0, 0.05) is 37.9 Å². The number of aromatic amines is 1. The molecule has 5 nitrogen and oxygen atoms in total. The van der Waals surface area contributed by atoms with Gasteiger partial charge in [-0.3, -0.25) is 4.79 Å². The number of amides is 1. The number of aryl methyl sites for hydroxylation is 1. The minimum atomic E-state index is -0.542. The molecule has 1 aromatic heterocycles. The Labute approximate surface area is 226 Å². The van der Waals surface area contributed by atoms with Crippen LogP contribution in [0.4, 0.5) is 5.69 Å². The number of ether oxygens (including phenoxy) is 1. The Hall–Kier alpha value is -2.84. The second kappa shape index (κ2) is 11.0. The summed E-state index contributed by atoms with van der Waals surface area (Å²) in [5, 5.41) is 8.11. The number of carbonyl (C=O) groups is 1. The summed E-state index contributed by atoms with van der Waals surface area (Å²) in [6.45, 7) is 4.20. The first-order valence-electron chi connectivity index (χ1n) is 12.7. The zero-order chi connectivity index (χ0) is 25.1. The molecule has 186 valence electrons. The number of carbonyl (C=O) groups excluding carboxylic acids is 1. The maximum atomic E-state index is 13.0. The highest BCUT2D eigenvalue weighted by Crippen LogP contribution is 2.32. The third-order valence-electron chi connectivity index (χ3n) is 6.97. The van der Waals surface area contributed by atoms with Crippen LogP contribution in [-0.4, -0.2) is 23.0 Å². The van der Waals surface area contributed by atoms with Gasteiger partial charge < -0.3 is 20.4 Å². The number of hydrogen-bond acceptors (Lipinski definition) is 3. The first-order valence-corrected chi connectivity index (χ1v) is 13.8. The van der Waals surface area contributed by atoms with Crippen LogP contribution >= 0.6 is 22.6 Å². The standard InChI is InChI=1S/C30H32IN3O2/c1-3-29(36-24-10-5-4-6-11-24)30(35)33-23-13-15-28-26(18-23)25-17-22(12-14-27(25)34-28)32-19(2)20-8-7-9-21(31)16-20/h4-11,13,15-16,18-19,22,29,32,34H,3,12,14,17H2,1-2H3,(H,33,35). The Balaban J connectivity index is 1.30. The lowest BCUT2D eigenvalue weighted by Crippen LogP contribution is -2.36. The number of halogens is 1. The summed E-state index contributed by atoms with van der Waals surface area (Å²) < 4.78 is 7.19. The monoisotopic (exact) mass is 593 g/mol. The third kappa shape index (κ3) is 5.60. The van der Waals surface area contributed by atoms with Crippen molar-refractivity contribution in [3.05, 3.63) is 93.2 Å². The summed E-state index contributed by atoms with van der Waals surface area (Å²) in [6, 6.07) is 25.0.